The normalized spacial score (nSPS) is 26.6. The van der Waals surface area contributed by atoms with Gasteiger partial charge in [-0.15, -0.1) is 0 Å². The Morgan fingerprint density at radius 3 is 2.56 bits per heavy atom. The summed E-state index contributed by atoms with van der Waals surface area (Å²) in [5.74, 6) is 0. The van der Waals surface area contributed by atoms with E-state index in [-0.39, 0.29) is 17.2 Å². The SMILES string of the molecule is CC(C)(C)[Si](C)(C)OCC1CC(O)C=CO1. The minimum Gasteiger partial charge on any atom is -0.496 e. The average Bonchev–Trinajstić information content (AvgIpc) is 2.13. The lowest BCUT2D eigenvalue weighted by Crippen LogP contribution is -2.43. The number of ether oxygens (including phenoxy) is 1. The van der Waals surface area contributed by atoms with Gasteiger partial charge in [0, 0.05) is 6.42 Å². The molecule has 16 heavy (non-hydrogen) atoms. The second kappa shape index (κ2) is 4.90. The largest absolute Gasteiger partial charge is 0.496 e. The van der Waals surface area contributed by atoms with E-state index in [4.69, 9.17) is 9.16 Å². The van der Waals surface area contributed by atoms with Crippen molar-refractivity contribution in [3.05, 3.63) is 12.3 Å². The summed E-state index contributed by atoms with van der Waals surface area (Å²) in [5.41, 5.74) is 0. The van der Waals surface area contributed by atoms with Crippen LogP contribution in [0.25, 0.3) is 0 Å². The molecular weight excluding hydrogens is 220 g/mol. The van der Waals surface area contributed by atoms with Gasteiger partial charge in [-0.25, -0.2) is 0 Å². The lowest BCUT2D eigenvalue weighted by Gasteiger charge is -2.37. The molecule has 0 bridgehead atoms. The fraction of sp³-hybridized carbons (Fsp3) is 0.833. The van der Waals surface area contributed by atoms with Crippen LogP contribution in [0.3, 0.4) is 0 Å². The zero-order valence-electron chi connectivity index (χ0n) is 11.0. The molecule has 2 atom stereocenters. The Labute approximate surface area is 99.6 Å². The average molecular weight is 244 g/mol. The van der Waals surface area contributed by atoms with Crippen LogP contribution in [0, 0.1) is 0 Å². The van der Waals surface area contributed by atoms with E-state index < -0.39 is 8.32 Å². The second-order valence-corrected chi connectivity index (χ2v) is 10.8. The lowest BCUT2D eigenvalue weighted by molar-refractivity contribution is 0.0290. The minimum atomic E-state index is -1.70. The van der Waals surface area contributed by atoms with Crippen molar-refractivity contribution >= 4 is 8.32 Å². The molecule has 94 valence electrons. The van der Waals surface area contributed by atoms with E-state index in [1.54, 1.807) is 12.3 Å². The van der Waals surface area contributed by atoms with E-state index in [0.717, 1.165) is 0 Å². The summed E-state index contributed by atoms with van der Waals surface area (Å²) in [6.45, 7) is 11.7. The topological polar surface area (TPSA) is 38.7 Å². The fourth-order valence-electron chi connectivity index (χ4n) is 1.28. The zero-order chi connectivity index (χ0) is 12.4. The molecule has 1 aliphatic rings. The van der Waals surface area contributed by atoms with Crippen LogP contribution < -0.4 is 0 Å². The molecule has 0 aliphatic carbocycles. The van der Waals surface area contributed by atoms with E-state index >= 15 is 0 Å². The van der Waals surface area contributed by atoms with Crippen molar-refractivity contribution in [1.82, 2.24) is 0 Å². The van der Waals surface area contributed by atoms with E-state index in [2.05, 4.69) is 33.9 Å². The van der Waals surface area contributed by atoms with Crippen molar-refractivity contribution in [3.8, 4) is 0 Å². The van der Waals surface area contributed by atoms with Crippen molar-refractivity contribution in [2.24, 2.45) is 0 Å². The molecule has 0 saturated heterocycles. The summed E-state index contributed by atoms with van der Waals surface area (Å²) < 4.78 is 11.5. The molecule has 0 radical (unpaired) electrons. The molecule has 1 aliphatic heterocycles. The Hall–Kier alpha value is -0.323. The molecule has 1 rings (SSSR count). The molecule has 0 amide bonds. The van der Waals surface area contributed by atoms with Gasteiger partial charge < -0.3 is 14.3 Å². The Morgan fingerprint density at radius 1 is 1.44 bits per heavy atom. The van der Waals surface area contributed by atoms with Crippen molar-refractivity contribution in [2.45, 2.75) is 57.5 Å². The van der Waals surface area contributed by atoms with Gasteiger partial charge in [0.25, 0.3) is 0 Å². The van der Waals surface area contributed by atoms with E-state index in [9.17, 15) is 5.11 Å². The predicted octanol–water partition coefficient (Wildman–Crippen LogP) is 2.67. The first-order chi connectivity index (χ1) is 7.22. The summed E-state index contributed by atoms with van der Waals surface area (Å²) in [5, 5.41) is 9.68. The van der Waals surface area contributed by atoms with Crippen molar-refractivity contribution < 1.29 is 14.3 Å². The highest BCUT2D eigenvalue weighted by molar-refractivity contribution is 6.74. The van der Waals surface area contributed by atoms with Crippen LogP contribution in [0.1, 0.15) is 27.2 Å². The first-order valence-electron chi connectivity index (χ1n) is 5.86. The van der Waals surface area contributed by atoms with Gasteiger partial charge in [0.2, 0.25) is 0 Å². The Bertz CT molecular complexity index is 255. The molecule has 0 aromatic heterocycles. The molecule has 0 fully saturated rings. The van der Waals surface area contributed by atoms with Crippen LogP contribution in [0.5, 0.6) is 0 Å². The molecule has 0 aromatic rings. The standard InChI is InChI=1S/C12H24O3Si/c1-12(2,3)16(4,5)15-9-11-8-10(13)6-7-14-11/h6-7,10-11,13H,8-9H2,1-5H3. The van der Waals surface area contributed by atoms with Gasteiger partial charge in [-0.1, -0.05) is 20.8 Å². The zero-order valence-corrected chi connectivity index (χ0v) is 12.0. The highest BCUT2D eigenvalue weighted by Gasteiger charge is 2.37. The van der Waals surface area contributed by atoms with E-state index in [1.165, 1.54) is 0 Å². The molecule has 0 aromatic carbocycles. The third kappa shape index (κ3) is 3.61. The van der Waals surface area contributed by atoms with Crippen LogP contribution in [0.15, 0.2) is 12.3 Å². The number of aliphatic hydroxyl groups excluding tert-OH is 1. The number of hydrogen-bond acceptors (Lipinski definition) is 3. The van der Waals surface area contributed by atoms with Crippen LogP contribution >= 0.6 is 0 Å². The first kappa shape index (κ1) is 13.7. The van der Waals surface area contributed by atoms with Gasteiger partial charge >= 0.3 is 0 Å². The number of rotatable bonds is 3. The highest BCUT2D eigenvalue weighted by atomic mass is 28.4. The third-order valence-corrected chi connectivity index (χ3v) is 8.01. The molecule has 1 N–H and O–H groups in total. The Balaban J connectivity index is 2.43. The van der Waals surface area contributed by atoms with Gasteiger partial charge in [-0.05, 0) is 24.2 Å². The Morgan fingerprint density at radius 2 is 2.06 bits per heavy atom. The monoisotopic (exact) mass is 244 g/mol. The van der Waals surface area contributed by atoms with Crippen molar-refractivity contribution in [2.75, 3.05) is 6.61 Å². The van der Waals surface area contributed by atoms with E-state index in [1.807, 2.05) is 0 Å². The molecule has 0 saturated carbocycles. The summed E-state index contributed by atoms with van der Waals surface area (Å²) in [4.78, 5) is 0. The maximum absolute atomic E-state index is 9.46. The maximum atomic E-state index is 9.46. The fourth-order valence-corrected chi connectivity index (χ4v) is 2.31. The third-order valence-electron chi connectivity index (χ3n) is 3.51. The first-order valence-corrected chi connectivity index (χ1v) is 8.77. The minimum absolute atomic E-state index is 0.00544. The molecule has 2 unspecified atom stereocenters. The molecular formula is C12H24O3Si. The highest BCUT2D eigenvalue weighted by Crippen LogP contribution is 2.36. The molecule has 0 spiro atoms. The lowest BCUT2D eigenvalue weighted by atomic mass is 10.1. The molecule has 4 heteroatoms. The van der Waals surface area contributed by atoms with Crippen LogP contribution in [-0.2, 0) is 9.16 Å². The van der Waals surface area contributed by atoms with Crippen molar-refractivity contribution in [3.63, 3.8) is 0 Å². The van der Waals surface area contributed by atoms with Crippen molar-refractivity contribution in [1.29, 1.82) is 0 Å². The van der Waals surface area contributed by atoms with E-state index in [0.29, 0.717) is 13.0 Å². The summed E-state index contributed by atoms with van der Waals surface area (Å²) in [6, 6.07) is 0. The Kier molecular flexibility index (Phi) is 4.21. The van der Waals surface area contributed by atoms with Crippen LogP contribution in [0.2, 0.25) is 18.1 Å². The summed E-state index contributed by atoms with van der Waals surface area (Å²) in [7, 11) is -1.70. The summed E-state index contributed by atoms with van der Waals surface area (Å²) >= 11 is 0. The summed E-state index contributed by atoms with van der Waals surface area (Å²) in [6.07, 6.45) is 3.48. The van der Waals surface area contributed by atoms with Crippen LogP contribution in [-0.4, -0.2) is 32.2 Å². The quantitative estimate of drug-likeness (QED) is 0.776. The van der Waals surface area contributed by atoms with Gasteiger partial charge in [-0.3, -0.25) is 0 Å². The van der Waals surface area contributed by atoms with Gasteiger partial charge in [0.05, 0.1) is 19.0 Å². The van der Waals surface area contributed by atoms with Gasteiger partial charge in [-0.2, -0.15) is 0 Å². The second-order valence-electron chi connectivity index (χ2n) is 5.96. The number of hydrogen-bond donors (Lipinski definition) is 1. The molecule has 1 heterocycles. The molecule has 3 nitrogen and oxygen atoms in total. The maximum Gasteiger partial charge on any atom is 0.192 e. The van der Waals surface area contributed by atoms with Gasteiger partial charge in [0.15, 0.2) is 8.32 Å². The van der Waals surface area contributed by atoms with Gasteiger partial charge in [0.1, 0.15) is 6.10 Å². The predicted molar refractivity (Wildman–Crippen MR) is 67.8 cm³/mol. The number of aliphatic hydroxyl groups is 1. The smallest absolute Gasteiger partial charge is 0.192 e. The van der Waals surface area contributed by atoms with Crippen LogP contribution in [0.4, 0.5) is 0 Å².